The maximum absolute atomic E-state index is 12.0. The van der Waals surface area contributed by atoms with Gasteiger partial charge >= 0.3 is 11.9 Å². The topological polar surface area (TPSA) is 101 Å². The van der Waals surface area contributed by atoms with E-state index in [0.29, 0.717) is 0 Å². The van der Waals surface area contributed by atoms with E-state index in [1.165, 1.54) is 18.9 Å². The molecule has 7 nitrogen and oxygen atoms in total. The number of carbonyl (C=O) groups excluding carboxylic acids is 1. The highest BCUT2D eigenvalue weighted by Crippen LogP contribution is 2.31. The first kappa shape index (κ1) is 15.3. The van der Waals surface area contributed by atoms with Gasteiger partial charge in [-0.1, -0.05) is 0 Å². The number of aliphatic carboxylic acids is 1. The molecule has 0 aromatic rings. The number of ether oxygens (including phenoxy) is 1. The molecule has 0 aromatic heterocycles. The van der Waals surface area contributed by atoms with E-state index in [9.17, 15) is 18.0 Å². The Morgan fingerprint density at radius 1 is 1.50 bits per heavy atom. The van der Waals surface area contributed by atoms with Crippen molar-refractivity contribution in [3.63, 3.8) is 0 Å². The molecule has 0 bridgehead atoms. The fourth-order valence-electron chi connectivity index (χ4n) is 1.65. The van der Waals surface area contributed by atoms with Gasteiger partial charge < -0.3 is 9.84 Å². The molecule has 104 valence electrons. The normalized spacial score (nSPS) is 25.0. The number of carbonyl (C=O) groups is 2. The standard InChI is InChI=1S/C9H15NO6S2/c1-6-10(7(5-17-6)9(12)13)18(14,15)4-3-8(11)16-2/h6-7H,3-5H2,1-2H3,(H,12,13). The Balaban J connectivity index is 2.82. The van der Waals surface area contributed by atoms with E-state index in [1.807, 2.05) is 0 Å². The summed E-state index contributed by atoms with van der Waals surface area (Å²) in [6.45, 7) is 1.63. The van der Waals surface area contributed by atoms with Gasteiger partial charge in [0.2, 0.25) is 10.0 Å². The Labute approximate surface area is 110 Å². The zero-order valence-corrected chi connectivity index (χ0v) is 11.7. The number of hydrogen-bond donors (Lipinski definition) is 1. The van der Waals surface area contributed by atoms with Crippen molar-refractivity contribution in [2.45, 2.75) is 24.8 Å². The van der Waals surface area contributed by atoms with Gasteiger partial charge in [0.05, 0.1) is 24.7 Å². The second-order valence-electron chi connectivity index (χ2n) is 3.76. The van der Waals surface area contributed by atoms with Crippen molar-refractivity contribution in [3.05, 3.63) is 0 Å². The van der Waals surface area contributed by atoms with Gasteiger partial charge in [-0.25, -0.2) is 8.42 Å². The van der Waals surface area contributed by atoms with Gasteiger partial charge in [0.25, 0.3) is 0 Å². The van der Waals surface area contributed by atoms with Crippen molar-refractivity contribution in [1.82, 2.24) is 4.31 Å². The van der Waals surface area contributed by atoms with Gasteiger partial charge in [-0.2, -0.15) is 4.31 Å². The molecule has 1 heterocycles. The first-order valence-corrected chi connectivity index (χ1v) is 7.88. The van der Waals surface area contributed by atoms with E-state index in [-0.39, 0.29) is 12.2 Å². The lowest BCUT2D eigenvalue weighted by Gasteiger charge is -2.23. The predicted octanol–water partition coefficient (Wildman–Crippen LogP) is -0.273. The van der Waals surface area contributed by atoms with E-state index in [0.717, 1.165) is 4.31 Å². The molecule has 0 aliphatic carbocycles. The van der Waals surface area contributed by atoms with Crippen LogP contribution >= 0.6 is 11.8 Å². The number of hydrogen-bond acceptors (Lipinski definition) is 6. The summed E-state index contributed by atoms with van der Waals surface area (Å²) in [7, 11) is -2.61. The highest BCUT2D eigenvalue weighted by Gasteiger charge is 2.43. The largest absolute Gasteiger partial charge is 0.480 e. The molecule has 0 saturated carbocycles. The van der Waals surface area contributed by atoms with E-state index in [4.69, 9.17) is 5.11 Å². The van der Waals surface area contributed by atoms with Crippen LogP contribution in [0.5, 0.6) is 0 Å². The SMILES string of the molecule is COC(=O)CCS(=O)(=O)N1C(C)SCC1C(=O)O. The minimum Gasteiger partial charge on any atom is -0.480 e. The van der Waals surface area contributed by atoms with Crippen molar-refractivity contribution in [2.75, 3.05) is 18.6 Å². The molecule has 1 rings (SSSR count). The lowest BCUT2D eigenvalue weighted by molar-refractivity contribution is -0.140. The Hall–Kier alpha value is -0.800. The van der Waals surface area contributed by atoms with Crippen LogP contribution in [0.2, 0.25) is 0 Å². The molecule has 1 saturated heterocycles. The Kier molecular flexibility index (Phi) is 5.00. The Morgan fingerprint density at radius 2 is 2.11 bits per heavy atom. The molecule has 1 aliphatic rings. The number of carboxylic acids is 1. The number of carboxylic acid groups (broad SMARTS) is 1. The maximum atomic E-state index is 12.0. The van der Waals surface area contributed by atoms with E-state index >= 15 is 0 Å². The zero-order chi connectivity index (χ0) is 13.9. The van der Waals surface area contributed by atoms with Crippen LogP contribution in [0, 0.1) is 0 Å². The molecular weight excluding hydrogens is 282 g/mol. The van der Waals surface area contributed by atoms with Crippen LogP contribution in [0.25, 0.3) is 0 Å². The van der Waals surface area contributed by atoms with E-state index in [2.05, 4.69) is 4.74 Å². The molecule has 0 radical (unpaired) electrons. The average Bonchev–Trinajstić information content (AvgIpc) is 2.69. The molecular formula is C9H15NO6S2. The molecule has 2 unspecified atom stereocenters. The third-order valence-electron chi connectivity index (χ3n) is 2.56. The summed E-state index contributed by atoms with van der Waals surface area (Å²) in [5.74, 6) is -2.03. The van der Waals surface area contributed by atoms with Gasteiger partial charge in [0.15, 0.2) is 0 Å². The fraction of sp³-hybridized carbons (Fsp3) is 0.778. The lowest BCUT2D eigenvalue weighted by atomic mass is 10.3. The Bertz CT molecular complexity index is 434. The quantitative estimate of drug-likeness (QED) is 0.697. The summed E-state index contributed by atoms with van der Waals surface area (Å²) in [5.41, 5.74) is 0. The van der Waals surface area contributed by atoms with E-state index in [1.54, 1.807) is 6.92 Å². The number of nitrogens with zero attached hydrogens (tertiary/aromatic N) is 1. The van der Waals surface area contributed by atoms with Gasteiger partial charge in [0.1, 0.15) is 6.04 Å². The number of rotatable bonds is 5. The van der Waals surface area contributed by atoms with Crippen molar-refractivity contribution in [1.29, 1.82) is 0 Å². The summed E-state index contributed by atoms with van der Waals surface area (Å²) in [5, 5.41) is 8.54. The maximum Gasteiger partial charge on any atom is 0.322 e. The average molecular weight is 297 g/mol. The summed E-state index contributed by atoms with van der Waals surface area (Å²) >= 11 is 1.26. The van der Waals surface area contributed by atoms with Crippen LogP contribution in [-0.2, 0) is 24.3 Å². The van der Waals surface area contributed by atoms with Crippen LogP contribution in [0.4, 0.5) is 0 Å². The molecule has 18 heavy (non-hydrogen) atoms. The first-order valence-electron chi connectivity index (χ1n) is 5.22. The van der Waals surface area contributed by atoms with E-state index < -0.39 is 39.1 Å². The summed E-state index contributed by atoms with van der Waals surface area (Å²) in [6, 6.07) is -1.06. The van der Waals surface area contributed by atoms with Crippen LogP contribution in [0.3, 0.4) is 0 Å². The number of esters is 1. The smallest absolute Gasteiger partial charge is 0.322 e. The molecule has 1 N–H and O–H groups in total. The van der Waals surface area contributed by atoms with Gasteiger partial charge in [-0.15, -0.1) is 11.8 Å². The molecule has 1 fully saturated rings. The molecule has 2 atom stereocenters. The highest BCUT2D eigenvalue weighted by atomic mass is 32.2. The molecule has 9 heteroatoms. The summed E-state index contributed by atoms with van der Waals surface area (Å²) in [4.78, 5) is 21.9. The third kappa shape index (κ3) is 3.36. The molecule has 0 aromatic carbocycles. The fourth-order valence-corrected chi connectivity index (χ4v) is 5.02. The lowest BCUT2D eigenvalue weighted by Crippen LogP contribution is -2.45. The highest BCUT2D eigenvalue weighted by molar-refractivity contribution is 8.01. The molecule has 1 aliphatic heterocycles. The van der Waals surface area contributed by atoms with Gasteiger partial charge in [0, 0.05) is 5.75 Å². The van der Waals surface area contributed by atoms with Gasteiger partial charge in [-0.3, -0.25) is 9.59 Å². The second-order valence-corrected chi connectivity index (χ2v) is 7.10. The van der Waals surface area contributed by atoms with Crippen LogP contribution in [-0.4, -0.2) is 59.8 Å². The van der Waals surface area contributed by atoms with Crippen LogP contribution < -0.4 is 0 Å². The minimum absolute atomic E-state index is 0.216. The van der Waals surface area contributed by atoms with Gasteiger partial charge in [-0.05, 0) is 6.92 Å². The Morgan fingerprint density at radius 3 is 2.61 bits per heavy atom. The van der Waals surface area contributed by atoms with Crippen LogP contribution in [0.1, 0.15) is 13.3 Å². The van der Waals surface area contributed by atoms with Crippen molar-refractivity contribution < 1.29 is 27.9 Å². The number of sulfonamides is 1. The third-order valence-corrected chi connectivity index (χ3v) is 5.84. The second kappa shape index (κ2) is 5.89. The zero-order valence-electron chi connectivity index (χ0n) is 10.0. The van der Waals surface area contributed by atoms with Crippen molar-refractivity contribution >= 4 is 33.7 Å². The summed E-state index contributed by atoms with van der Waals surface area (Å²) < 4.78 is 29.4. The number of methoxy groups -OCH3 is 1. The van der Waals surface area contributed by atoms with Crippen molar-refractivity contribution in [3.8, 4) is 0 Å². The summed E-state index contributed by atoms with van der Waals surface area (Å²) in [6.07, 6.45) is -0.279. The van der Waals surface area contributed by atoms with Crippen LogP contribution in [0.15, 0.2) is 0 Å². The minimum atomic E-state index is -3.78. The number of thioether (sulfide) groups is 1. The van der Waals surface area contributed by atoms with Crippen molar-refractivity contribution in [2.24, 2.45) is 0 Å². The predicted molar refractivity (Wildman–Crippen MR) is 65.6 cm³/mol. The molecule has 0 amide bonds. The molecule has 0 spiro atoms. The monoisotopic (exact) mass is 297 g/mol. The first-order chi connectivity index (χ1) is 8.29.